The molecule has 0 aliphatic carbocycles. The molecule has 28 heavy (non-hydrogen) atoms. The number of aliphatic hydroxyl groups is 1. The van der Waals surface area contributed by atoms with Gasteiger partial charge in [-0.1, -0.05) is 36.4 Å². The van der Waals surface area contributed by atoms with Crippen LogP contribution in [0.3, 0.4) is 0 Å². The number of hydrogen-bond donors (Lipinski definition) is 1. The number of rotatable bonds is 4. The maximum atomic E-state index is 13.7. The number of piperidine rings is 2. The van der Waals surface area contributed by atoms with Crippen LogP contribution in [0.15, 0.2) is 47.8 Å². The van der Waals surface area contributed by atoms with E-state index in [2.05, 4.69) is 29.0 Å². The number of thiophene rings is 1. The van der Waals surface area contributed by atoms with Gasteiger partial charge in [-0.25, -0.2) is 0 Å². The van der Waals surface area contributed by atoms with Crippen molar-refractivity contribution in [2.75, 3.05) is 33.2 Å². The lowest BCUT2D eigenvalue weighted by Crippen LogP contribution is -2.54. The summed E-state index contributed by atoms with van der Waals surface area (Å²) in [5, 5.41) is 12.7. The third kappa shape index (κ3) is 3.76. The average Bonchev–Trinajstić information content (AvgIpc) is 3.29. The van der Waals surface area contributed by atoms with E-state index in [1.165, 1.54) is 0 Å². The molecule has 3 heterocycles. The third-order valence-electron chi connectivity index (χ3n) is 6.68. The van der Waals surface area contributed by atoms with Crippen molar-refractivity contribution in [2.45, 2.75) is 37.2 Å². The second-order valence-electron chi connectivity index (χ2n) is 8.34. The highest BCUT2D eigenvalue weighted by Crippen LogP contribution is 2.39. The zero-order valence-corrected chi connectivity index (χ0v) is 17.4. The summed E-state index contributed by atoms with van der Waals surface area (Å²) in [4.78, 5) is 19.2. The number of carbonyl (C=O) groups excluding carboxylic acids is 1. The molecule has 0 bridgehead atoms. The van der Waals surface area contributed by atoms with Gasteiger partial charge in [0.15, 0.2) is 0 Å². The van der Waals surface area contributed by atoms with E-state index in [1.54, 1.807) is 11.3 Å². The van der Waals surface area contributed by atoms with E-state index in [4.69, 9.17) is 0 Å². The van der Waals surface area contributed by atoms with E-state index in [1.807, 2.05) is 35.7 Å². The molecular weight excluding hydrogens is 368 g/mol. The van der Waals surface area contributed by atoms with Crippen molar-refractivity contribution >= 4 is 17.2 Å². The molecule has 4 rings (SSSR count). The van der Waals surface area contributed by atoms with Crippen LogP contribution in [0, 0.1) is 5.92 Å². The smallest absolute Gasteiger partial charge is 0.233 e. The molecule has 2 saturated heterocycles. The first-order chi connectivity index (χ1) is 13.6. The van der Waals surface area contributed by atoms with Crippen molar-refractivity contribution in [3.05, 3.63) is 58.3 Å². The molecule has 2 aromatic rings. The van der Waals surface area contributed by atoms with E-state index >= 15 is 0 Å². The van der Waals surface area contributed by atoms with Crippen LogP contribution < -0.4 is 0 Å². The van der Waals surface area contributed by atoms with E-state index in [0.29, 0.717) is 0 Å². The number of nitrogens with zero attached hydrogens (tertiary/aromatic N) is 2. The molecule has 150 valence electrons. The second kappa shape index (κ2) is 8.36. The number of hydrogen-bond acceptors (Lipinski definition) is 4. The van der Waals surface area contributed by atoms with Gasteiger partial charge in [0, 0.05) is 18.0 Å². The minimum atomic E-state index is -0.399. The molecule has 1 atom stereocenters. The Kier molecular flexibility index (Phi) is 5.85. The summed E-state index contributed by atoms with van der Waals surface area (Å²) >= 11 is 1.62. The Morgan fingerprint density at radius 2 is 1.75 bits per heavy atom. The number of aliphatic hydroxyl groups excluding tert-OH is 1. The zero-order chi connectivity index (χ0) is 19.6. The highest BCUT2D eigenvalue weighted by atomic mass is 32.1. The molecule has 0 saturated carbocycles. The standard InChI is InChI=1S/C23H30N2O2S/c1-24-15-11-23(12-16-24,19-6-3-2-4-7-19)22(27)25-13-9-18(10-14-25)21(26)20-8-5-17-28-20/h2-8,17-18,21,26H,9-16H2,1H3. The lowest BCUT2D eigenvalue weighted by molar-refractivity contribution is -0.141. The maximum Gasteiger partial charge on any atom is 0.233 e. The summed E-state index contributed by atoms with van der Waals surface area (Å²) in [5.74, 6) is 0.531. The van der Waals surface area contributed by atoms with Crippen LogP contribution in [0.2, 0.25) is 0 Å². The van der Waals surface area contributed by atoms with Gasteiger partial charge in [0.1, 0.15) is 0 Å². The fourth-order valence-electron chi connectivity index (χ4n) is 4.80. The van der Waals surface area contributed by atoms with Crippen molar-refractivity contribution in [1.82, 2.24) is 9.80 Å². The first-order valence-electron chi connectivity index (χ1n) is 10.3. The Morgan fingerprint density at radius 1 is 1.07 bits per heavy atom. The van der Waals surface area contributed by atoms with E-state index in [0.717, 1.165) is 62.3 Å². The number of carbonyl (C=O) groups is 1. The van der Waals surface area contributed by atoms with Crippen LogP contribution in [0.5, 0.6) is 0 Å². The fourth-order valence-corrected chi connectivity index (χ4v) is 5.60. The largest absolute Gasteiger partial charge is 0.387 e. The molecule has 1 unspecified atom stereocenters. The molecule has 1 N–H and O–H groups in total. The molecule has 1 aromatic carbocycles. The Hall–Kier alpha value is -1.69. The van der Waals surface area contributed by atoms with Crippen molar-refractivity contribution in [2.24, 2.45) is 5.92 Å². The van der Waals surface area contributed by atoms with E-state index < -0.39 is 11.5 Å². The van der Waals surface area contributed by atoms with E-state index in [9.17, 15) is 9.90 Å². The summed E-state index contributed by atoms with van der Waals surface area (Å²) in [6.07, 6.45) is 3.10. The second-order valence-corrected chi connectivity index (χ2v) is 9.32. The molecule has 4 nitrogen and oxygen atoms in total. The molecule has 2 aliphatic heterocycles. The summed E-state index contributed by atoms with van der Waals surface area (Å²) in [6, 6.07) is 14.4. The number of amides is 1. The molecule has 2 aliphatic rings. The predicted molar refractivity (Wildman–Crippen MR) is 113 cm³/mol. The van der Waals surface area contributed by atoms with E-state index in [-0.39, 0.29) is 11.8 Å². The van der Waals surface area contributed by atoms with Gasteiger partial charge in [0.25, 0.3) is 0 Å². The Balaban J connectivity index is 1.48. The molecule has 1 aromatic heterocycles. The first kappa shape index (κ1) is 19.6. The van der Waals surface area contributed by atoms with Crippen LogP contribution >= 0.6 is 11.3 Å². The average molecular weight is 399 g/mol. The van der Waals surface area contributed by atoms with Crippen LogP contribution in [-0.4, -0.2) is 54.0 Å². The molecule has 2 fully saturated rings. The monoisotopic (exact) mass is 398 g/mol. The summed E-state index contributed by atoms with van der Waals surface area (Å²) < 4.78 is 0. The third-order valence-corrected chi connectivity index (χ3v) is 7.63. The van der Waals surface area contributed by atoms with Gasteiger partial charge < -0.3 is 14.9 Å². The predicted octanol–water partition coefficient (Wildman–Crippen LogP) is 3.68. The molecule has 0 radical (unpaired) electrons. The van der Waals surface area contributed by atoms with Crippen molar-refractivity contribution < 1.29 is 9.90 Å². The quantitative estimate of drug-likeness (QED) is 0.854. The van der Waals surface area contributed by atoms with Gasteiger partial charge in [-0.05, 0) is 68.7 Å². The van der Waals surface area contributed by atoms with Crippen molar-refractivity contribution in [1.29, 1.82) is 0 Å². The minimum Gasteiger partial charge on any atom is -0.387 e. The van der Waals surface area contributed by atoms with Gasteiger partial charge in [-0.3, -0.25) is 4.79 Å². The van der Waals surface area contributed by atoms with Crippen LogP contribution in [0.25, 0.3) is 0 Å². The fraction of sp³-hybridized carbons (Fsp3) is 0.522. The molecule has 5 heteroatoms. The Labute approximate surface area is 171 Å². The van der Waals surface area contributed by atoms with Gasteiger partial charge in [-0.15, -0.1) is 11.3 Å². The summed E-state index contributed by atoms with van der Waals surface area (Å²) in [7, 11) is 2.14. The maximum absolute atomic E-state index is 13.7. The number of benzene rings is 1. The minimum absolute atomic E-state index is 0.243. The topological polar surface area (TPSA) is 43.8 Å². The zero-order valence-electron chi connectivity index (χ0n) is 16.6. The lowest BCUT2D eigenvalue weighted by atomic mass is 9.71. The van der Waals surface area contributed by atoms with Gasteiger partial charge in [-0.2, -0.15) is 0 Å². The summed E-state index contributed by atoms with van der Waals surface area (Å²) in [6.45, 7) is 3.40. The highest BCUT2D eigenvalue weighted by Gasteiger charge is 2.45. The van der Waals surface area contributed by atoms with Crippen LogP contribution in [0.4, 0.5) is 0 Å². The Morgan fingerprint density at radius 3 is 2.36 bits per heavy atom. The Bertz CT molecular complexity index is 761. The molecule has 0 spiro atoms. The van der Waals surface area contributed by atoms with Crippen LogP contribution in [-0.2, 0) is 10.2 Å². The normalized spacial score (nSPS) is 22.1. The van der Waals surface area contributed by atoms with Crippen molar-refractivity contribution in [3.63, 3.8) is 0 Å². The first-order valence-corrected chi connectivity index (χ1v) is 11.2. The SMILES string of the molecule is CN1CCC(C(=O)N2CCC(C(O)c3cccs3)CC2)(c2ccccc2)CC1. The van der Waals surface area contributed by atoms with Crippen LogP contribution in [0.1, 0.15) is 42.2 Å². The highest BCUT2D eigenvalue weighted by molar-refractivity contribution is 7.10. The van der Waals surface area contributed by atoms with Crippen molar-refractivity contribution in [3.8, 4) is 0 Å². The lowest BCUT2D eigenvalue weighted by Gasteiger charge is -2.44. The van der Waals surface area contributed by atoms with Gasteiger partial charge in [0.05, 0.1) is 11.5 Å². The summed E-state index contributed by atoms with van der Waals surface area (Å²) in [5.41, 5.74) is 0.765. The van der Waals surface area contributed by atoms with Gasteiger partial charge >= 0.3 is 0 Å². The molecular formula is C23H30N2O2S. The molecule has 1 amide bonds. The number of likely N-dealkylation sites (tertiary alicyclic amines) is 2. The van der Waals surface area contributed by atoms with Gasteiger partial charge in [0.2, 0.25) is 5.91 Å².